The fourth-order valence-electron chi connectivity index (χ4n) is 4.03. The molecule has 170 valence electrons. The Hall–Kier alpha value is -4.53. The summed E-state index contributed by atoms with van der Waals surface area (Å²) in [5, 5.41) is 4.30. The van der Waals surface area contributed by atoms with Crippen molar-refractivity contribution in [2.45, 2.75) is 13.2 Å². The van der Waals surface area contributed by atoms with Gasteiger partial charge in [-0.15, -0.1) is 0 Å². The summed E-state index contributed by atoms with van der Waals surface area (Å²) in [4.78, 5) is 32.7. The number of ether oxygens (including phenoxy) is 1. The van der Waals surface area contributed by atoms with E-state index in [1.165, 1.54) is 21.6 Å². The topological polar surface area (TPSA) is 103 Å². The number of carbonyl (C=O) groups is 2. The van der Waals surface area contributed by atoms with Gasteiger partial charge in [0.2, 0.25) is 0 Å². The van der Waals surface area contributed by atoms with Crippen LogP contribution in [0.15, 0.2) is 78.0 Å². The van der Waals surface area contributed by atoms with Crippen LogP contribution in [0.2, 0.25) is 0 Å². The summed E-state index contributed by atoms with van der Waals surface area (Å²) in [5.41, 5.74) is 2.08. The predicted molar refractivity (Wildman–Crippen MR) is 122 cm³/mol. The number of hydrogen-bond acceptors (Lipinski definition) is 6. The summed E-state index contributed by atoms with van der Waals surface area (Å²) in [5.74, 6) is 4.62. The Balaban J connectivity index is 1.65. The maximum absolute atomic E-state index is 13.7. The minimum Gasteiger partial charge on any atom is -0.484 e. The fourth-order valence-corrected chi connectivity index (χ4v) is 4.03. The van der Waals surface area contributed by atoms with E-state index < -0.39 is 11.8 Å². The summed E-state index contributed by atoms with van der Waals surface area (Å²) < 4.78 is 20.7. The number of hydrogen-bond donors (Lipinski definition) is 1. The van der Waals surface area contributed by atoms with Gasteiger partial charge in [0, 0.05) is 18.1 Å². The second-order valence-corrected chi connectivity index (χ2v) is 7.82. The SMILES string of the molecule is NN=c1c2cccnc2c(OCc2ccccc2)c2n1C(=O)CN(Cc1ccc(F)cc1)C2=O. The number of rotatable bonds is 5. The van der Waals surface area contributed by atoms with Gasteiger partial charge >= 0.3 is 0 Å². The molecule has 4 aromatic rings. The summed E-state index contributed by atoms with van der Waals surface area (Å²) in [6, 6.07) is 18.6. The van der Waals surface area contributed by atoms with Gasteiger partial charge in [0.05, 0.1) is 0 Å². The Morgan fingerprint density at radius 1 is 1.00 bits per heavy atom. The molecule has 0 saturated carbocycles. The van der Waals surface area contributed by atoms with E-state index in [-0.39, 0.29) is 42.4 Å². The highest BCUT2D eigenvalue weighted by atomic mass is 19.1. The lowest BCUT2D eigenvalue weighted by molar-refractivity contribution is 0.0596. The highest BCUT2D eigenvalue weighted by molar-refractivity contribution is 6.08. The monoisotopic (exact) mass is 457 g/mol. The van der Waals surface area contributed by atoms with E-state index in [9.17, 15) is 14.0 Å². The molecule has 0 spiro atoms. The van der Waals surface area contributed by atoms with Crippen LogP contribution in [0.1, 0.15) is 26.4 Å². The first-order chi connectivity index (χ1) is 16.6. The van der Waals surface area contributed by atoms with Gasteiger partial charge in [-0.25, -0.2) is 4.39 Å². The molecule has 1 aliphatic heterocycles. The molecule has 9 heteroatoms. The third kappa shape index (κ3) is 3.77. The van der Waals surface area contributed by atoms with Crippen molar-refractivity contribution >= 4 is 22.7 Å². The summed E-state index contributed by atoms with van der Waals surface area (Å²) in [6.45, 7) is 0.0939. The molecule has 0 fully saturated rings. The van der Waals surface area contributed by atoms with E-state index in [0.717, 1.165) is 5.56 Å². The molecule has 0 radical (unpaired) electrons. The van der Waals surface area contributed by atoms with Crippen molar-refractivity contribution in [3.63, 3.8) is 0 Å². The highest BCUT2D eigenvalue weighted by Crippen LogP contribution is 2.30. The van der Waals surface area contributed by atoms with Gasteiger partial charge in [0.15, 0.2) is 16.9 Å². The maximum Gasteiger partial charge on any atom is 0.275 e. The Bertz CT molecular complexity index is 1470. The van der Waals surface area contributed by atoms with E-state index in [4.69, 9.17) is 10.6 Å². The number of fused-ring (bicyclic) bond motifs is 2. The molecular weight excluding hydrogens is 437 g/mol. The number of halogens is 1. The molecule has 0 bridgehead atoms. The van der Waals surface area contributed by atoms with Gasteiger partial charge in [0.1, 0.15) is 24.5 Å². The molecule has 2 N–H and O–H groups in total. The lowest BCUT2D eigenvalue weighted by atomic mass is 10.1. The fraction of sp³-hybridized carbons (Fsp3) is 0.120. The Labute approximate surface area is 193 Å². The van der Waals surface area contributed by atoms with Gasteiger partial charge in [-0.1, -0.05) is 42.5 Å². The second kappa shape index (κ2) is 8.78. The van der Waals surface area contributed by atoms with Crippen molar-refractivity contribution in [3.05, 3.63) is 101 Å². The van der Waals surface area contributed by atoms with Crippen LogP contribution in [0, 0.1) is 5.82 Å². The molecule has 0 atom stereocenters. The molecule has 5 rings (SSSR count). The van der Waals surface area contributed by atoms with Crippen molar-refractivity contribution in [1.29, 1.82) is 0 Å². The van der Waals surface area contributed by atoms with Gasteiger partial charge in [0.25, 0.3) is 11.8 Å². The first kappa shape index (κ1) is 21.3. The first-order valence-electron chi connectivity index (χ1n) is 10.6. The molecular formula is C25H20FN5O3. The molecule has 3 heterocycles. The largest absolute Gasteiger partial charge is 0.484 e. The number of aromatic nitrogens is 2. The van der Waals surface area contributed by atoms with Crippen molar-refractivity contribution in [2.24, 2.45) is 10.9 Å². The van der Waals surface area contributed by atoms with E-state index in [2.05, 4.69) is 10.1 Å². The number of benzene rings is 2. The molecule has 0 saturated heterocycles. The smallest absolute Gasteiger partial charge is 0.275 e. The zero-order chi connectivity index (χ0) is 23.7. The lowest BCUT2D eigenvalue weighted by Crippen LogP contribution is -2.49. The average Bonchev–Trinajstić information content (AvgIpc) is 2.86. The number of carbonyl (C=O) groups excluding carboxylic acids is 2. The molecule has 8 nitrogen and oxygen atoms in total. The standard InChI is InChI=1S/C25H20FN5O3/c26-18-10-8-16(9-11-18)13-30-14-20(32)31-22(25(30)33)23(34-15-17-5-2-1-3-6-17)21-19(24(31)29-27)7-4-12-28-21/h1-12H,13-15,27H2. The van der Waals surface area contributed by atoms with E-state index in [1.54, 1.807) is 30.5 Å². The van der Waals surface area contributed by atoms with Crippen LogP contribution in [0.3, 0.4) is 0 Å². The van der Waals surface area contributed by atoms with Crippen LogP contribution < -0.4 is 16.1 Å². The molecule has 0 unspecified atom stereocenters. The number of nitrogens with zero attached hydrogens (tertiary/aromatic N) is 4. The van der Waals surface area contributed by atoms with E-state index in [1.807, 2.05) is 30.3 Å². The predicted octanol–water partition coefficient (Wildman–Crippen LogP) is 2.83. The maximum atomic E-state index is 13.7. The minimum atomic E-state index is -0.440. The first-order valence-corrected chi connectivity index (χ1v) is 10.6. The second-order valence-electron chi connectivity index (χ2n) is 7.82. The Morgan fingerprint density at radius 3 is 2.50 bits per heavy atom. The third-order valence-electron chi connectivity index (χ3n) is 5.61. The quantitative estimate of drug-likeness (QED) is 0.367. The normalized spacial score (nSPS) is 13.9. The summed E-state index contributed by atoms with van der Waals surface area (Å²) in [7, 11) is 0. The van der Waals surface area contributed by atoms with Crippen LogP contribution in [-0.4, -0.2) is 32.8 Å². The Kier molecular flexibility index (Phi) is 5.51. The number of pyridine rings is 2. The van der Waals surface area contributed by atoms with Crippen molar-refractivity contribution in [2.75, 3.05) is 6.54 Å². The Morgan fingerprint density at radius 2 is 1.76 bits per heavy atom. The zero-order valence-electron chi connectivity index (χ0n) is 18.0. The highest BCUT2D eigenvalue weighted by Gasteiger charge is 2.35. The third-order valence-corrected chi connectivity index (χ3v) is 5.61. The van der Waals surface area contributed by atoms with Crippen LogP contribution in [0.4, 0.5) is 4.39 Å². The summed E-state index contributed by atoms with van der Waals surface area (Å²) >= 11 is 0. The average molecular weight is 457 g/mol. The molecule has 2 aromatic carbocycles. The molecule has 2 aromatic heterocycles. The molecule has 1 aliphatic rings. The molecule has 0 aliphatic carbocycles. The molecule has 34 heavy (non-hydrogen) atoms. The van der Waals surface area contributed by atoms with Gasteiger partial charge < -0.3 is 15.5 Å². The van der Waals surface area contributed by atoms with Crippen LogP contribution in [0.5, 0.6) is 5.75 Å². The van der Waals surface area contributed by atoms with Crippen molar-refractivity contribution in [3.8, 4) is 5.75 Å². The molecule has 1 amide bonds. The lowest BCUT2D eigenvalue weighted by Gasteiger charge is -2.30. The van der Waals surface area contributed by atoms with Gasteiger partial charge in [-0.3, -0.25) is 19.1 Å². The minimum absolute atomic E-state index is 0.00435. The summed E-state index contributed by atoms with van der Waals surface area (Å²) in [6.07, 6.45) is 1.57. The van der Waals surface area contributed by atoms with Gasteiger partial charge in [-0.2, -0.15) is 5.10 Å². The van der Waals surface area contributed by atoms with E-state index in [0.29, 0.717) is 16.5 Å². The van der Waals surface area contributed by atoms with Crippen molar-refractivity contribution in [1.82, 2.24) is 14.5 Å². The van der Waals surface area contributed by atoms with Crippen molar-refractivity contribution < 1.29 is 18.7 Å². The number of amides is 1. The van der Waals surface area contributed by atoms with Crippen LogP contribution in [-0.2, 0) is 13.2 Å². The van der Waals surface area contributed by atoms with Crippen LogP contribution in [0.25, 0.3) is 10.9 Å². The number of nitrogens with two attached hydrogens (primary N) is 1. The zero-order valence-corrected chi connectivity index (χ0v) is 18.0. The van der Waals surface area contributed by atoms with Crippen LogP contribution >= 0.6 is 0 Å². The van der Waals surface area contributed by atoms with Gasteiger partial charge in [-0.05, 0) is 35.4 Å². The van der Waals surface area contributed by atoms with E-state index >= 15 is 0 Å².